The molecule has 0 aromatic rings. The molecular weight excluding hydrogens is 638 g/mol. The van der Waals surface area contributed by atoms with Crippen molar-refractivity contribution in [2.75, 3.05) is 26.3 Å². The molecule has 50 heavy (non-hydrogen) atoms. The summed E-state index contributed by atoms with van der Waals surface area (Å²) in [5, 5.41) is 23.6. The Hall–Kier alpha value is -1.30. The second-order valence-electron chi connectivity index (χ2n) is 19.2. The molecule has 7 aliphatic rings. The Kier molecular flexibility index (Phi) is 9.58. The summed E-state index contributed by atoms with van der Waals surface area (Å²) in [6.45, 7) is 19.0. The van der Waals surface area contributed by atoms with Crippen molar-refractivity contribution >= 4 is 11.9 Å². The number of aliphatic hydroxyl groups excluding tert-OH is 1. The lowest BCUT2D eigenvalue weighted by atomic mass is 9.39. The molecule has 0 aromatic carbocycles. The highest BCUT2D eigenvalue weighted by Gasteiger charge is 2.74. The molecular formula is C40H65NO9. The van der Waals surface area contributed by atoms with Gasteiger partial charge in [-0.25, -0.2) is 0 Å². The molecule has 3 saturated heterocycles. The number of cyclic esters (lactones) is 1. The summed E-state index contributed by atoms with van der Waals surface area (Å²) >= 11 is 0. The third kappa shape index (κ3) is 5.80. The standard InChI is InChI=1S/C40H65NO9/c1-23-20-27(34(37(5,6)45)48-24(2)42)49-32-31(23)38(7)15-16-40-14-9-10-29(50-30-22-41(17-19-46-30)26-13-18-47-35(26)44)36(3,4)25(21-40)11-12-28(40)39(38,8)33(32)43/h23,25-34,43,45H,9-22H2,1-8H3. The second kappa shape index (κ2) is 12.9. The first-order valence-electron chi connectivity index (χ1n) is 19.8. The van der Waals surface area contributed by atoms with E-state index in [1.54, 1.807) is 13.8 Å². The molecule has 2 bridgehead atoms. The molecule has 2 N–H and O–H groups in total. The van der Waals surface area contributed by atoms with Gasteiger partial charge in [0.05, 0.1) is 49.8 Å². The molecule has 7 rings (SSSR count). The number of hydrogen-bond acceptors (Lipinski definition) is 10. The molecule has 4 aliphatic carbocycles. The zero-order valence-electron chi connectivity index (χ0n) is 31.9. The highest BCUT2D eigenvalue weighted by Crippen LogP contribution is 2.76. The largest absolute Gasteiger partial charge is 0.464 e. The first kappa shape index (κ1) is 37.0. The molecule has 284 valence electrons. The predicted molar refractivity (Wildman–Crippen MR) is 186 cm³/mol. The van der Waals surface area contributed by atoms with E-state index in [2.05, 4.69) is 39.5 Å². The Balaban J connectivity index is 1.10. The van der Waals surface area contributed by atoms with Crippen molar-refractivity contribution < 1.29 is 43.5 Å². The Bertz CT molecular complexity index is 1300. The average molecular weight is 704 g/mol. The van der Waals surface area contributed by atoms with Gasteiger partial charge in [-0.05, 0) is 105 Å². The van der Waals surface area contributed by atoms with Crippen LogP contribution < -0.4 is 0 Å². The van der Waals surface area contributed by atoms with Crippen molar-refractivity contribution in [2.45, 2.75) is 168 Å². The first-order chi connectivity index (χ1) is 23.4. The summed E-state index contributed by atoms with van der Waals surface area (Å²) in [5.41, 5.74) is -1.57. The Morgan fingerprint density at radius 2 is 1.82 bits per heavy atom. The average Bonchev–Trinajstić information content (AvgIpc) is 3.55. The van der Waals surface area contributed by atoms with Crippen LogP contribution in [0.15, 0.2) is 0 Å². The maximum atomic E-state index is 12.6. The van der Waals surface area contributed by atoms with E-state index in [1.807, 2.05) is 0 Å². The van der Waals surface area contributed by atoms with Crippen LogP contribution in [0.3, 0.4) is 0 Å². The third-order valence-corrected chi connectivity index (χ3v) is 15.9. The number of morpholine rings is 1. The Labute approximate surface area is 299 Å². The highest BCUT2D eigenvalue weighted by atomic mass is 16.7. The quantitative estimate of drug-likeness (QED) is 0.355. The van der Waals surface area contributed by atoms with Gasteiger partial charge in [-0.1, -0.05) is 41.0 Å². The first-order valence-corrected chi connectivity index (χ1v) is 19.8. The van der Waals surface area contributed by atoms with Crippen LogP contribution in [0.4, 0.5) is 0 Å². The fourth-order valence-electron chi connectivity index (χ4n) is 13.3. The van der Waals surface area contributed by atoms with E-state index >= 15 is 0 Å². The molecule has 4 saturated carbocycles. The number of esters is 2. The number of aliphatic hydroxyl groups is 2. The normalized spacial score (nSPS) is 48.3. The number of fused-ring (bicyclic) bond motifs is 5. The highest BCUT2D eigenvalue weighted by molar-refractivity contribution is 5.77. The number of carbonyl (C=O) groups is 2. The lowest BCUT2D eigenvalue weighted by Crippen LogP contribution is -2.61. The van der Waals surface area contributed by atoms with Crippen LogP contribution in [-0.4, -0.2) is 102 Å². The van der Waals surface area contributed by atoms with Crippen LogP contribution >= 0.6 is 0 Å². The topological polar surface area (TPSA) is 124 Å². The lowest BCUT2D eigenvalue weighted by Gasteiger charge is -2.66. The smallest absolute Gasteiger partial charge is 0.323 e. The van der Waals surface area contributed by atoms with Gasteiger partial charge in [0, 0.05) is 25.3 Å². The maximum absolute atomic E-state index is 12.6. The molecule has 14 atom stereocenters. The van der Waals surface area contributed by atoms with Crippen LogP contribution in [-0.2, 0) is 33.3 Å². The fourth-order valence-corrected chi connectivity index (χ4v) is 13.3. The van der Waals surface area contributed by atoms with Crippen molar-refractivity contribution in [1.82, 2.24) is 4.90 Å². The van der Waals surface area contributed by atoms with Crippen LogP contribution in [0.5, 0.6) is 0 Å². The minimum atomic E-state index is -1.27. The molecule has 10 nitrogen and oxygen atoms in total. The van der Waals surface area contributed by atoms with E-state index in [0.29, 0.717) is 38.0 Å². The van der Waals surface area contributed by atoms with Crippen molar-refractivity contribution in [3.63, 3.8) is 0 Å². The molecule has 1 spiro atoms. The monoisotopic (exact) mass is 703 g/mol. The van der Waals surface area contributed by atoms with Crippen molar-refractivity contribution in [3.05, 3.63) is 0 Å². The summed E-state index contributed by atoms with van der Waals surface area (Å²) in [4.78, 5) is 26.6. The van der Waals surface area contributed by atoms with Gasteiger partial charge in [0.15, 0.2) is 12.4 Å². The Morgan fingerprint density at radius 3 is 2.50 bits per heavy atom. The van der Waals surface area contributed by atoms with Gasteiger partial charge in [0.1, 0.15) is 6.04 Å². The third-order valence-electron chi connectivity index (χ3n) is 15.9. The molecule has 7 fully saturated rings. The number of hydrogen-bond donors (Lipinski definition) is 2. The zero-order valence-corrected chi connectivity index (χ0v) is 31.9. The van der Waals surface area contributed by atoms with Crippen molar-refractivity contribution in [2.24, 2.45) is 45.3 Å². The predicted octanol–water partition coefficient (Wildman–Crippen LogP) is 5.25. The number of rotatable bonds is 6. The summed E-state index contributed by atoms with van der Waals surface area (Å²) in [6, 6.07) is -0.185. The number of carbonyl (C=O) groups excluding carboxylic acids is 2. The van der Waals surface area contributed by atoms with Gasteiger partial charge in [-0.2, -0.15) is 0 Å². The molecule has 0 radical (unpaired) electrons. The minimum absolute atomic E-state index is 0.0477. The summed E-state index contributed by atoms with van der Waals surface area (Å²) < 4.78 is 30.9. The number of nitrogens with zero attached hydrogens (tertiary/aromatic N) is 1. The van der Waals surface area contributed by atoms with E-state index in [0.717, 1.165) is 57.9 Å². The van der Waals surface area contributed by atoms with Gasteiger partial charge in [0.25, 0.3) is 0 Å². The summed E-state index contributed by atoms with van der Waals surface area (Å²) in [5.74, 6) is 0.766. The van der Waals surface area contributed by atoms with Gasteiger partial charge in [-0.15, -0.1) is 0 Å². The maximum Gasteiger partial charge on any atom is 0.323 e. The number of ether oxygens (including phenoxy) is 5. The van der Waals surface area contributed by atoms with E-state index in [-0.39, 0.29) is 64.0 Å². The van der Waals surface area contributed by atoms with Crippen LogP contribution in [0.1, 0.15) is 120 Å². The molecule has 0 amide bonds. The zero-order chi connectivity index (χ0) is 36.0. The fraction of sp³-hybridized carbons (Fsp3) is 0.950. The van der Waals surface area contributed by atoms with E-state index in [1.165, 1.54) is 13.3 Å². The minimum Gasteiger partial charge on any atom is -0.464 e. The van der Waals surface area contributed by atoms with E-state index < -0.39 is 29.9 Å². The van der Waals surface area contributed by atoms with Crippen LogP contribution in [0, 0.1) is 45.3 Å². The lowest BCUT2D eigenvalue weighted by molar-refractivity contribution is -0.244. The van der Waals surface area contributed by atoms with E-state index in [9.17, 15) is 19.8 Å². The molecule has 3 heterocycles. The summed E-state index contributed by atoms with van der Waals surface area (Å²) in [6.07, 6.45) is 7.61. The molecule has 0 aromatic heterocycles. The molecule has 14 unspecified atom stereocenters. The molecule has 3 aliphatic heterocycles. The van der Waals surface area contributed by atoms with Crippen LogP contribution in [0.25, 0.3) is 0 Å². The van der Waals surface area contributed by atoms with Gasteiger partial charge in [0.2, 0.25) is 0 Å². The van der Waals surface area contributed by atoms with Gasteiger partial charge in [-0.3, -0.25) is 14.5 Å². The van der Waals surface area contributed by atoms with Crippen molar-refractivity contribution in [3.8, 4) is 0 Å². The van der Waals surface area contributed by atoms with Crippen molar-refractivity contribution in [1.29, 1.82) is 0 Å². The second-order valence-corrected chi connectivity index (χ2v) is 19.2. The molecule has 10 heteroatoms. The SMILES string of the molecule is CC(=O)OC(C1CC(C)C2C(O1)C(O)C1(C)C3CCC4CC3(CCCC(OC3CN(C5CCOC5=O)CCO3)C4(C)C)CCC21C)C(C)(C)O. The van der Waals surface area contributed by atoms with Gasteiger partial charge >= 0.3 is 11.9 Å². The van der Waals surface area contributed by atoms with Gasteiger partial charge < -0.3 is 33.9 Å². The Morgan fingerprint density at radius 1 is 1.06 bits per heavy atom. The van der Waals surface area contributed by atoms with Crippen LogP contribution in [0.2, 0.25) is 0 Å². The summed E-state index contributed by atoms with van der Waals surface area (Å²) in [7, 11) is 0. The van der Waals surface area contributed by atoms with E-state index in [4.69, 9.17) is 23.7 Å².